The number of hydrogen-bond donors (Lipinski definition) is 2. The van der Waals surface area contributed by atoms with Gasteiger partial charge in [-0.3, -0.25) is 9.98 Å². The summed E-state index contributed by atoms with van der Waals surface area (Å²) in [7, 11) is 3.32. The highest BCUT2D eigenvalue weighted by Gasteiger charge is 2.29. The molecule has 2 atom stereocenters. The minimum Gasteiger partial charge on any atom is -0.507 e. The molecule has 4 rings (SSSR count). The molecule has 2 N–H and O–H groups in total. The highest BCUT2D eigenvalue weighted by molar-refractivity contribution is 5.84. The van der Waals surface area contributed by atoms with Crippen molar-refractivity contribution in [3.63, 3.8) is 0 Å². The second kappa shape index (κ2) is 12.5. The van der Waals surface area contributed by atoms with E-state index in [2.05, 4.69) is 0 Å². The van der Waals surface area contributed by atoms with Gasteiger partial charge >= 0.3 is 0 Å². The van der Waals surface area contributed by atoms with Crippen LogP contribution in [0.4, 0.5) is 0 Å². The van der Waals surface area contributed by atoms with Gasteiger partial charge in [-0.05, 0) is 110 Å². The zero-order valence-electron chi connectivity index (χ0n) is 23.8. The molecule has 0 aliphatic rings. The van der Waals surface area contributed by atoms with Crippen LogP contribution < -0.4 is 9.47 Å². The molecular formula is C34H36N2O4. The van der Waals surface area contributed by atoms with Crippen LogP contribution in [0.1, 0.15) is 56.6 Å². The van der Waals surface area contributed by atoms with E-state index in [0.717, 1.165) is 44.9 Å². The molecule has 0 saturated carbocycles. The molecule has 0 radical (unpaired) electrons. The molecule has 0 unspecified atom stereocenters. The summed E-state index contributed by atoms with van der Waals surface area (Å²) in [6.45, 7) is 8.19. The Balaban J connectivity index is 1.99. The normalized spacial score (nSPS) is 13.1. The van der Waals surface area contributed by atoms with Crippen LogP contribution in [0.15, 0.2) is 82.8 Å². The third kappa shape index (κ3) is 6.18. The first-order chi connectivity index (χ1) is 19.2. The van der Waals surface area contributed by atoms with E-state index in [4.69, 9.17) is 19.5 Å². The van der Waals surface area contributed by atoms with Crippen LogP contribution in [0.5, 0.6) is 23.0 Å². The minimum absolute atomic E-state index is 0.152. The standard InChI is InChI=1S/C34H36N2O4/c1-21-15-27(39-5)16-22(2)31(21)33(35-19-25-11-7-9-13-29(25)37)34(36-20-26-12-8-10-14-30(26)38)32-23(3)17-28(40-6)18-24(32)4/h7-20,33-34,37-38H,1-6H3/t33-,34+. The number of phenols is 2. The Morgan fingerprint density at radius 2 is 0.900 bits per heavy atom. The number of hydrogen-bond acceptors (Lipinski definition) is 6. The highest BCUT2D eigenvalue weighted by Crippen LogP contribution is 2.43. The van der Waals surface area contributed by atoms with E-state index in [0.29, 0.717) is 11.1 Å². The molecule has 0 aliphatic carbocycles. The van der Waals surface area contributed by atoms with E-state index in [1.807, 2.05) is 76.2 Å². The average Bonchev–Trinajstić information content (AvgIpc) is 2.93. The van der Waals surface area contributed by atoms with Gasteiger partial charge in [0, 0.05) is 23.6 Å². The minimum atomic E-state index is -0.460. The Bertz CT molecular complexity index is 1390. The molecule has 206 valence electrons. The summed E-state index contributed by atoms with van der Waals surface area (Å²) in [5, 5.41) is 21.0. The molecular weight excluding hydrogens is 500 g/mol. The summed E-state index contributed by atoms with van der Waals surface area (Å²) in [5.74, 6) is 1.85. The summed E-state index contributed by atoms with van der Waals surface area (Å²) in [4.78, 5) is 10.2. The van der Waals surface area contributed by atoms with Gasteiger partial charge in [0.2, 0.25) is 0 Å². The molecule has 6 nitrogen and oxygen atoms in total. The zero-order valence-corrected chi connectivity index (χ0v) is 23.8. The lowest BCUT2D eigenvalue weighted by molar-refractivity contribution is 0.413. The van der Waals surface area contributed by atoms with Gasteiger partial charge in [0.1, 0.15) is 35.1 Å². The molecule has 0 saturated heterocycles. The molecule has 0 fully saturated rings. The fourth-order valence-electron chi connectivity index (χ4n) is 5.18. The Morgan fingerprint density at radius 1 is 0.575 bits per heavy atom. The molecule has 0 aromatic heterocycles. The number of phenolic OH excluding ortho intramolecular Hbond substituents is 2. The fourth-order valence-corrected chi connectivity index (χ4v) is 5.18. The van der Waals surface area contributed by atoms with Gasteiger partial charge in [-0.15, -0.1) is 0 Å². The van der Waals surface area contributed by atoms with E-state index in [1.54, 1.807) is 50.9 Å². The zero-order chi connectivity index (χ0) is 28.8. The van der Waals surface area contributed by atoms with E-state index in [9.17, 15) is 10.2 Å². The first kappa shape index (κ1) is 28.4. The van der Waals surface area contributed by atoms with Crippen molar-refractivity contribution in [3.05, 3.63) is 117 Å². The smallest absolute Gasteiger partial charge is 0.124 e. The number of rotatable bonds is 9. The lowest BCUT2D eigenvalue weighted by atomic mass is 9.85. The quantitative estimate of drug-likeness (QED) is 0.219. The van der Waals surface area contributed by atoms with Gasteiger partial charge in [-0.2, -0.15) is 0 Å². The van der Waals surface area contributed by atoms with Crippen LogP contribution >= 0.6 is 0 Å². The van der Waals surface area contributed by atoms with Crippen molar-refractivity contribution in [2.45, 2.75) is 39.8 Å². The van der Waals surface area contributed by atoms with Crippen LogP contribution in [0.2, 0.25) is 0 Å². The predicted octanol–water partition coefficient (Wildman–Crippen LogP) is 7.37. The second-order valence-corrected chi connectivity index (χ2v) is 9.91. The number of aryl methyl sites for hydroxylation is 4. The summed E-state index contributed by atoms with van der Waals surface area (Å²) in [6.07, 6.45) is 3.42. The molecule has 0 spiro atoms. The number of aromatic hydroxyl groups is 2. The van der Waals surface area contributed by atoms with Gasteiger partial charge < -0.3 is 19.7 Å². The maximum atomic E-state index is 10.5. The van der Waals surface area contributed by atoms with Crippen LogP contribution in [0, 0.1) is 27.7 Å². The topological polar surface area (TPSA) is 83.6 Å². The number of methoxy groups -OCH3 is 2. The van der Waals surface area contributed by atoms with Crippen LogP contribution in [0.25, 0.3) is 0 Å². The van der Waals surface area contributed by atoms with Gasteiger partial charge in [-0.1, -0.05) is 24.3 Å². The second-order valence-electron chi connectivity index (χ2n) is 9.91. The first-order valence-corrected chi connectivity index (χ1v) is 13.2. The number of aliphatic imine (C=N–C) groups is 2. The van der Waals surface area contributed by atoms with Crippen LogP contribution in [-0.2, 0) is 0 Å². The lowest BCUT2D eigenvalue weighted by Gasteiger charge is -2.28. The highest BCUT2D eigenvalue weighted by atomic mass is 16.5. The lowest BCUT2D eigenvalue weighted by Crippen LogP contribution is -2.15. The Hall–Kier alpha value is -4.58. The Morgan fingerprint density at radius 3 is 1.20 bits per heavy atom. The molecule has 0 aliphatic heterocycles. The van der Waals surface area contributed by atoms with Crippen molar-refractivity contribution in [1.82, 2.24) is 0 Å². The first-order valence-electron chi connectivity index (χ1n) is 13.2. The molecule has 0 bridgehead atoms. The van der Waals surface area contributed by atoms with Crippen molar-refractivity contribution < 1.29 is 19.7 Å². The van der Waals surface area contributed by atoms with Gasteiger partial charge in [0.05, 0.1) is 14.2 Å². The van der Waals surface area contributed by atoms with Crippen molar-refractivity contribution >= 4 is 12.4 Å². The van der Waals surface area contributed by atoms with Gasteiger partial charge in [0.15, 0.2) is 0 Å². The summed E-state index contributed by atoms with van der Waals surface area (Å²) in [6, 6.07) is 21.3. The number of para-hydroxylation sites is 2. The van der Waals surface area contributed by atoms with Crippen molar-refractivity contribution in [2.75, 3.05) is 14.2 Å². The molecule has 0 amide bonds. The van der Waals surface area contributed by atoms with E-state index >= 15 is 0 Å². The molecule has 0 heterocycles. The largest absolute Gasteiger partial charge is 0.507 e. The summed E-state index contributed by atoms with van der Waals surface area (Å²) < 4.78 is 11.1. The van der Waals surface area contributed by atoms with Gasteiger partial charge in [0.25, 0.3) is 0 Å². The third-order valence-electron chi connectivity index (χ3n) is 7.12. The molecule has 4 aromatic carbocycles. The molecule has 4 aromatic rings. The van der Waals surface area contributed by atoms with Crippen molar-refractivity contribution in [1.29, 1.82) is 0 Å². The average molecular weight is 537 g/mol. The van der Waals surface area contributed by atoms with E-state index < -0.39 is 12.1 Å². The molecule has 6 heteroatoms. The summed E-state index contributed by atoms with van der Waals surface area (Å²) >= 11 is 0. The third-order valence-corrected chi connectivity index (χ3v) is 7.12. The van der Waals surface area contributed by atoms with Crippen LogP contribution in [-0.4, -0.2) is 36.9 Å². The number of ether oxygens (including phenoxy) is 2. The van der Waals surface area contributed by atoms with E-state index in [-0.39, 0.29) is 11.5 Å². The van der Waals surface area contributed by atoms with E-state index in [1.165, 1.54) is 0 Å². The fraction of sp³-hybridized carbons (Fsp3) is 0.235. The molecule has 40 heavy (non-hydrogen) atoms. The maximum absolute atomic E-state index is 10.5. The van der Waals surface area contributed by atoms with Crippen LogP contribution in [0.3, 0.4) is 0 Å². The Labute approximate surface area is 236 Å². The number of nitrogens with zero attached hydrogens (tertiary/aromatic N) is 2. The predicted molar refractivity (Wildman–Crippen MR) is 162 cm³/mol. The van der Waals surface area contributed by atoms with Gasteiger partial charge in [-0.25, -0.2) is 0 Å². The monoisotopic (exact) mass is 536 g/mol. The SMILES string of the molecule is COc1cc(C)c([C@@H](N=Cc2ccccc2O)[C@@H](N=Cc2ccccc2O)c2c(C)cc(OC)cc2C)c(C)c1. The number of benzene rings is 4. The maximum Gasteiger partial charge on any atom is 0.124 e. The van der Waals surface area contributed by atoms with Crippen molar-refractivity contribution in [2.24, 2.45) is 9.98 Å². The van der Waals surface area contributed by atoms with Crippen molar-refractivity contribution in [3.8, 4) is 23.0 Å². The summed E-state index contributed by atoms with van der Waals surface area (Å²) in [5.41, 5.74) is 7.32. The Kier molecular flexibility index (Phi) is 8.90.